The monoisotopic (exact) mass is 486 g/mol. The molecule has 35 heavy (non-hydrogen) atoms. The highest BCUT2D eigenvalue weighted by molar-refractivity contribution is 5.94. The lowest BCUT2D eigenvalue weighted by atomic mass is 9.95. The van der Waals surface area contributed by atoms with E-state index in [9.17, 15) is 14.4 Å². The van der Waals surface area contributed by atoms with Gasteiger partial charge in [0.25, 0.3) is 0 Å². The highest BCUT2D eigenvalue weighted by Crippen LogP contribution is 2.21. The summed E-state index contributed by atoms with van der Waals surface area (Å²) in [4.78, 5) is 41.8. The Hall–Kier alpha value is -2.87. The van der Waals surface area contributed by atoms with Crippen LogP contribution >= 0.6 is 0 Å². The molecular formula is C27H42N4O4. The number of hydrogen-bond donors (Lipinski definition) is 3. The Bertz CT molecular complexity index is 885. The standard InChI is InChI=1S/C27H42N4O4/c1-16(2)15-21-25(32)28-14-13-19-9-11-20(12-10-19)35-24(18(5)6)22(26(33)29-21)30-27(34)23(17(3)4)31(7)8/h9-14,16-18,21-24H,15H2,1-8H3,(H,28,32)(H,29,33)(H,30,34)/b14-13-/t21-,22-,23-,24+/m0/s1. The Morgan fingerprint density at radius 2 is 1.66 bits per heavy atom. The molecule has 1 aromatic rings. The maximum absolute atomic E-state index is 13.7. The second-order valence-electron chi connectivity index (χ2n) is 10.6. The number of amides is 3. The van der Waals surface area contributed by atoms with Gasteiger partial charge in [-0.3, -0.25) is 19.3 Å². The fourth-order valence-electron chi connectivity index (χ4n) is 4.36. The minimum absolute atomic E-state index is 0.0313. The molecule has 2 bridgehead atoms. The molecule has 3 rings (SSSR count). The molecule has 1 aromatic carbocycles. The van der Waals surface area contributed by atoms with Gasteiger partial charge in [0, 0.05) is 6.20 Å². The summed E-state index contributed by atoms with van der Waals surface area (Å²) in [6.45, 7) is 11.8. The molecule has 2 aliphatic heterocycles. The summed E-state index contributed by atoms with van der Waals surface area (Å²) >= 11 is 0. The molecule has 0 fully saturated rings. The lowest BCUT2D eigenvalue weighted by Crippen LogP contribution is -2.62. The molecule has 8 heteroatoms. The van der Waals surface area contributed by atoms with E-state index in [1.165, 1.54) is 0 Å². The molecule has 0 saturated carbocycles. The molecule has 0 unspecified atom stereocenters. The van der Waals surface area contributed by atoms with Crippen molar-refractivity contribution in [3.8, 4) is 5.75 Å². The zero-order valence-electron chi connectivity index (χ0n) is 22.3. The van der Waals surface area contributed by atoms with Crippen molar-refractivity contribution in [1.29, 1.82) is 0 Å². The second-order valence-corrected chi connectivity index (χ2v) is 10.6. The van der Waals surface area contributed by atoms with Crippen LogP contribution in [0.4, 0.5) is 0 Å². The summed E-state index contributed by atoms with van der Waals surface area (Å²) in [5.41, 5.74) is 0.899. The summed E-state index contributed by atoms with van der Waals surface area (Å²) < 4.78 is 6.29. The highest BCUT2D eigenvalue weighted by Gasteiger charge is 2.38. The topological polar surface area (TPSA) is 99.8 Å². The molecule has 0 radical (unpaired) electrons. The zero-order chi connectivity index (χ0) is 26.3. The molecule has 8 nitrogen and oxygen atoms in total. The number of carbonyl (C=O) groups is 3. The molecule has 4 atom stereocenters. The lowest BCUT2D eigenvalue weighted by molar-refractivity contribution is -0.136. The summed E-state index contributed by atoms with van der Waals surface area (Å²) in [5, 5.41) is 8.62. The summed E-state index contributed by atoms with van der Waals surface area (Å²) in [7, 11) is 3.68. The van der Waals surface area contributed by atoms with E-state index in [1.807, 2.05) is 84.8 Å². The van der Waals surface area contributed by atoms with Crippen LogP contribution in [-0.2, 0) is 14.4 Å². The number of nitrogens with one attached hydrogen (secondary N) is 3. The third kappa shape index (κ3) is 8.09. The van der Waals surface area contributed by atoms with E-state index >= 15 is 0 Å². The molecule has 0 saturated heterocycles. The van der Waals surface area contributed by atoms with Gasteiger partial charge in [-0.05, 0) is 62.0 Å². The number of carbonyl (C=O) groups excluding carboxylic acids is 3. The smallest absolute Gasteiger partial charge is 0.247 e. The Labute approximate surface area is 209 Å². The van der Waals surface area contributed by atoms with Crippen molar-refractivity contribution >= 4 is 23.8 Å². The summed E-state index contributed by atoms with van der Waals surface area (Å²) in [6.07, 6.45) is 3.17. The maximum atomic E-state index is 13.7. The van der Waals surface area contributed by atoms with Crippen molar-refractivity contribution in [1.82, 2.24) is 20.9 Å². The fourth-order valence-corrected chi connectivity index (χ4v) is 4.36. The predicted molar refractivity (Wildman–Crippen MR) is 139 cm³/mol. The number of likely N-dealkylation sites (N-methyl/N-ethyl adjacent to an activating group) is 1. The van der Waals surface area contributed by atoms with Crippen LogP contribution < -0.4 is 20.7 Å². The van der Waals surface area contributed by atoms with Crippen LogP contribution in [-0.4, -0.2) is 60.9 Å². The van der Waals surface area contributed by atoms with E-state index in [4.69, 9.17) is 4.74 Å². The van der Waals surface area contributed by atoms with Gasteiger partial charge in [0.1, 0.15) is 23.9 Å². The molecule has 0 spiro atoms. The van der Waals surface area contributed by atoms with Crippen LogP contribution in [0.2, 0.25) is 0 Å². The molecule has 2 aliphatic rings. The van der Waals surface area contributed by atoms with Gasteiger partial charge in [0.2, 0.25) is 17.7 Å². The van der Waals surface area contributed by atoms with Gasteiger partial charge in [0.15, 0.2) is 0 Å². The van der Waals surface area contributed by atoms with Crippen LogP contribution in [0.25, 0.3) is 6.08 Å². The fraction of sp³-hybridized carbons (Fsp3) is 0.593. The van der Waals surface area contributed by atoms with E-state index in [0.29, 0.717) is 12.2 Å². The summed E-state index contributed by atoms with van der Waals surface area (Å²) in [6, 6.07) is 5.21. The van der Waals surface area contributed by atoms with Crippen molar-refractivity contribution in [3.63, 3.8) is 0 Å². The predicted octanol–water partition coefficient (Wildman–Crippen LogP) is 2.79. The van der Waals surface area contributed by atoms with E-state index in [1.54, 1.807) is 12.3 Å². The van der Waals surface area contributed by atoms with Crippen LogP contribution in [0.15, 0.2) is 30.5 Å². The van der Waals surface area contributed by atoms with Crippen molar-refractivity contribution in [2.75, 3.05) is 14.1 Å². The molecule has 194 valence electrons. The Balaban J connectivity index is 2.52. The summed E-state index contributed by atoms with van der Waals surface area (Å²) in [5.74, 6) is -0.319. The van der Waals surface area contributed by atoms with Gasteiger partial charge in [-0.25, -0.2) is 0 Å². The molecular weight excluding hydrogens is 444 g/mol. The first-order chi connectivity index (χ1) is 16.4. The first-order valence-corrected chi connectivity index (χ1v) is 12.4. The maximum Gasteiger partial charge on any atom is 0.247 e. The lowest BCUT2D eigenvalue weighted by Gasteiger charge is -2.34. The van der Waals surface area contributed by atoms with Crippen LogP contribution in [0.3, 0.4) is 0 Å². The van der Waals surface area contributed by atoms with Gasteiger partial charge in [-0.15, -0.1) is 0 Å². The van der Waals surface area contributed by atoms with Crippen LogP contribution in [0, 0.1) is 17.8 Å². The van der Waals surface area contributed by atoms with Gasteiger partial charge < -0.3 is 20.7 Å². The van der Waals surface area contributed by atoms with E-state index in [2.05, 4.69) is 16.0 Å². The quantitative estimate of drug-likeness (QED) is 0.550. The zero-order valence-corrected chi connectivity index (χ0v) is 22.3. The number of benzene rings is 1. The van der Waals surface area contributed by atoms with Crippen molar-refractivity contribution < 1.29 is 19.1 Å². The molecule has 0 aromatic heterocycles. The average molecular weight is 487 g/mol. The van der Waals surface area contributed by atoms with Gasteiger partial charge in [-0.1, -0.05) is 53.7 Å². The number of hydrogen-bond acceptors (Lipinski definition) is 5. The Morgan fingerprint density at radius 3 is 2.17 bits per heavy atom. The molecule has 2 heterocycles. The Morgan fingerprint density at radius 1 is 1.03 bits per heavy atom. The minimum Gasteiger partial charge on any atom is -0.487 e. The number of ether oxygens (including phenoxy) is 1. The number of nitrogens with zero attached hydrogens (tertiary/aromatic N) is 1. The first-order valence-electron chi connectivity index (χ1n) is 12.4. The highest BCUT2D eigenvalue weighted by atomic mass is 16.5. The second kappa shape index (κ2) is 12.7. The third-order valence-electron chi connectivity index (χ3n) is 6.02. The van der Waals surface area contributed by atoms with Gasteiger partial charge in [0.05, 0.1) is 6.04 Å². The molecule has 3 amide bonds. The SMILES string of the molecule is CC(C)C[C@@H]1NC(=O)[C@@H](NC(=O)[C@H](C(C)C)N(C)C)[C@@H](C(C)C)Oc2ccc(cc2)/C=C\NC1=O. The van der Waals surface area contributed by atoms with Crippen molar-refractivity contribution in [2.24, 2.45) is 17.8 Å². The average Bonchev–Trinajstić information content (AvgIpc) is 2.75. The van der Waals surface area contributed by atoms with Gasteiger partial charge in [-0.2, -0.15) is 0 Å². The van der Waals surface area contributed by atoms with E-state index < -0.39 is 30.1 Å². The van der Waals surface area contributed by atoms with E-state index in [-0.39, 0.29) is 29.6 Å². The normalized spacial score (nSPS) is 23.0. The Kier molecular flexibility index (Phi) is 10.3. The van der Waals surface area contributed by atoms with Crippen molar-refractivity contribution in [2.45, 2.75) is 72.2 Å². The third-order valence-corrected chi connectivity index (χ3v) is 6.02. The molecule has 0 aliphatic carbocycles. The minimum atomic E-state index is -0.996. The number of fused-ring (bicyclic) bond motifs is 10. The first kappa shape index (κ1) is 28.4. The van der Waals surface area contributed by atoms with Crippen molar-refractivity contribution in [3.05, 3.63) is 36.0 Å². The van der Waals surface area contributed by atoms with Gasteiger partial charge >= 0.3 is 0 Å². The number of rotatable bonds is 7. The van der Waals surface area contributed by atoms with Crippen LogP contribution in [0.1, 0.15) is 53.5 Å². The largest absolute Gasteiger partial charge is 0.487 e. The van der Waals surface area contributed by atoms with E-state index in [0.717, 1.165) is 5.56 Å². The van der Waals surface area contributed by atoms with Crippen LogP contribution in [0.5, 0.6) is 5.75 Å². The molecule has 3 N–H and O–H groups in total.